The van der Waals surface area contributed by atoms with E-state index in [4.69, 9.17) is 0 Å². The maximum atomic E-state index is 12.9. The van der Waals surface area contributed by atoms with E-state index in [1.807, 2.05) is 0 Å². The zero-order valence-corrected chi connectivity index (χ0v) is 7.38. The molecule has 2 N–H and O–H groups in total. The maximum absolute atomic E-state index is 12.9. The first-order chi connectivity index (χ1) is 7.29. The van der Waals surface area contributed by atoms with Crippen LogP contribution in [0.5, 0.6) is 0 Å². The van der Waals surface area contributed by atoms with E-state index in [9.17, 15) is 30.7 Å². The molecule has 0 radical (unpaired) electrons. The first kappa shape index (κ1) is 12.8. The standard InChI is InChI=1S/C8H4F7N/c9-2-1(7(16)8(14)15)3(10)5(12)6(13)4(2)11/h7-8H,16H2. The van der Waals surface area contributed by atoms with Crippen LogP contribution in [-0.2, 0) is 0 Å². The van der Waals surface area contributed by atoms with Gasteiger partial charge < -0.3 is 5.73 Å². The topological polar surface area (TPSA) is 26.0 Å². The van der Waals surface area contributed by atoms with Crippen LogP contribution in [0.3, 0.4) is 0 Å². The number of rotatable bonds is 2. The average molecular weight is 247 g/mol. The van der Waals surface area contributed by atoms with Crippen molar-refractivity contribution in [2.75, 3.05) is 0 Å². The van der Waals surface area contributed by atoms with Crippen molar-refractivity contribution >= 4 is 0 Å². The lowest BCUT2D eigenvalue weighted by Crippen LogP contribution is -2.24. The Balaban J connectivity index is 3.51. The minimum absolute atomic E-state index is 1.72. The summed E-state index contributed by atoms with van der Waals surface area (Å²) in [6.07, 6.45) is -3.45. The van der Waals surface area contributed by atoms with Crippen molar-refractivity contribution in [2.45, 2.75) is 12.5 Å². The smallest absolute Gasteiger partial charge is 0.257 e. The van der Waals surface area contributed by atoms with E-state index >= 15 is 0 Å². The Labute approximate surface area is 84.7 Å². The van der Waals surface area contributed by atoms with Crippen LogP contribution in [0.2, 0.25) is 0 Å². The summed E-state index contributed by atoms with van der Waals surface area (Å²) in [5.41, 5.74) is 2.93. The van der Waals surface area contributed by atoms with Gasteiger partial charge >= 0.3 is 0 Å². The zero-order valence-electron chi connectivity index (χ0n) is 7.38. The van der Waals surface area contributed by atoms with Crippen LogP contribution < -0.4 is 5.73 Å². The van der Waals surface area contributed by atoms with Crippen LogP contribution >= 0.6 is 0 Å². The third-order valence-corrected chi connectivity index (χ3v) is 1.85. The number of alkyl halides is 2. The second kappa shape index (κ2) is 4.28. The molecule has 0 bridgehead atoms. The number of benzene rings is 1. The van der Waals surface area contributed by atoms with Crippen LogP contribution in [0, 0.1) is 29.1 Å². The molecule has 0 aromatic heterocycles. The SMILES string of the molecule is NC(c1c(F)c(F)c(F)c(F)c1F)C(F)F. The van der Waals surface area contributed by atoms with Crippen molar-refractivity contribution in [3.63, 3.8) is 0 Å². The molecule has 0 aliphatic heterocycles. The van der Waals surface area contributed by atoms with Gasteiger partial charge in [-0.1, -0.05) is 0 Å². The van der Waals surface area contributed by atoms with Crippen molar-refractivity contribution < 1.29 is 30.7 Å². The Morgan fingerprint density at radius 3 is 1.31 bits per heavy atom. The molecule has 1 unspecified atom stereocenters. The first-order valence-electron chi connectivity index (χ1n) is 3.84. The summed E-state index contributed by atoms with van der Waals surface area (Å²) in [6, 6.07) is -2.58. The Bertz CT molecular complexity index is 388. The van der Waals surface area contributed by atoms with Crippen LogP contribution in [0.1, 0.15) is 11.6 Å². The highest BCUT2D eigenvalue weighted by atomic mass is 19.3. The molecule has 0 fully saturated rings. The molecular weight excluding hydrogens is 243 g/mol. The summed E-state index contributed by atoms with van der Waals surface area (Å²) < 4.78 is 87.5. The Hall–Kier alpha value is -1.31. The fourth-order valence-corrected chi connectivity index (χ4v) is 1.04. The summed E-state index contributed by atoms with van der Waals surface area (Å²) in [5.74, 6) is -11.7. The molecule has 1 aromatic rings. The van der Waals surface area contributed by atoms with Crippen molar-refractivity contribution in [3.05, 3.63) is 34.6 Å². The molecule has 0 amide bonds. The third kappa shape index (κ3) is 1.84. The van der Waals surface area contributed by atoms with Crippen LogP contribution in [-0.4, -0.2) is 6.43 Å². The number of hydrogen-bond donors (Lipinski definition) is 1. The summed E-state index contributed by atoms with van der Waals surface area (Å²) >= 11 is 0. The quantitative estimate of drug-likeness (QED) is 0.485. The normalized spacial score (nSPS) is 13.3. The average Bonchev–Trinajstić information content (AvgIpc) is 2.23. The molecule has 8 heteroatoms. The predicted molar refractivity (Wildman–Crippen MR) is 39.2 cm³/mol. The van der Waals surface area contributed by atoms with Gasteiger partial charge in [-0.15, -0.1) is 0 Å². The van der Waals surface area contributed by atoms with Crippen molar-refractivity contribution in [2.24, 2.45) is 5.73 Å². The number of hydrogen-bond acceptors (Lipinski definition) is 1. The van der Waals surface area contributed by atoms with E-state index in [1.165, 1.54) is 0 Å². The van der Waals surface area contributed by atoms with E-state index in [0.717, 1.165) is 0 Å². The minimum atomic E-state index is -3.45. The van der Waals surface area contributed by atoms with Gasteiger partial charge in [0.05, 0.1) is 11.6 Å². The van der Waals surface area contributed by atoms with Gasteiger partial charge in [0.1, 0.15) is 0 Å². The Morgan fingerprint density at radius 2 is 1.00 bits per heavy atom. The van der Waals surface area contributed by atoms with Crippen molar-refractivity contribution in [1.29, 1.82) is 0 Å². The van der Waals surface area contributed by atoms with E-state index in [-0.39, 0.29) is 0 Å². The van der Waals surface area contributed by atoms with Crippen molar-refractivity contribution in [3.8, 4) is 0 Å². The van der Waals surface area contributed by atoms with Gasteiger partial charge in [0.2, 0.25) is 5.82 Å². The fourth-order valence-electron chi connectivity index (χ4n) is 1.04. The molecule has 0 aliphatic rings. The highest BCUT2D eigenvalue weighted by molar-refractivity contribution is 5.27. The van der Waals surface area contributed by atoms with Crippen molar-refractivity contribution in [1.82, 2.24) is 0 Å². The maximum Gasteiger partial charge on any atom is 0.257 e. The summed E-state index contributed by atoms with van der Waals surface area (Å²) in [7, 11) is 0. The molecule has 1 atom stereocenters. The van der Waals surface area contributed by atoms with Crippen LogP contribution in [0.25, 0.3) is 0 Å². The molecule has 16 heavy (non-hydrogen) atoms. The lowest BCUT2D eigenvalue weighted by atomic mass is 10.1. The van der Waals surface area contributed by atoms with Crippen LogP contribution in [0.15, 0.2) is 0 Å². The summed E-state index contributed by atoms with van der Waals surface area (Å²) in [4.78, 5) is 0. The van der Waals surface area contributed by atoms with Gasteiger partial charge in [0, 0.05) is 0 Å². The fraction of sp³-hybridized carbons (Fsp3) is 0.250. The number of halogens is 7. The highest BCUT2D eigenvalue weighted by Crippen LogP contribution is 2.29. The van der Waals surface area contributed by atoms with Gasteiger partial charge in [-0.3, -0.25) is 0 Å². The first-order valence-corrected chi connectivity index (χ1v) is 3.84. The highest BCUT2D eigenvalue weighted by Gasteiger charge is 2.32. The molecule has 0 spiro atoms. The molecule has 90 valence electrons. The molecule has 1 rings (SSSR count). The van der Waals surface area contributed by atoms with E-state index in [1.54, 1.807) is 0 Å². The molecule has 1 nitrogen and oxygen atoms in total. The van der Waals surface area contributed by atoms with Gasteiger partial charge in [-0.25, -0.2) is 30.7 Å². The van der Waals surface area contributed by atoms with Gasteiger partial charge in [0.25, 0.3) is 6.43 Å². The predicted octanol–water partition coefficient (Wildman–Crippen LogP) is 2.65. The monoisotopic (exact) mass is 247 g/mol. The lowest BCUT2D eigenvalue weighted by Gasteiger charge is -2.14. The second-order valence-electron chi connectivity index (χ2n) is 2.84. The van der Waals surface area contributed by atoms with Gasteiger partial charge in [-0.2, -0.15) is 0 Å². The second-order valence-corrected chi connectivity index (χ2v) is 2.84. The van der Waals surface area contributed by atoms with Gasteiger partial charge in [-0.05, 0) is 0 Å². The Kier molecular flexibility index (Phi) is 3.41. The van der Waals surface area contributed by atoms with Crippen LogP contribution in [0.4, 0.5) is 30.7 Å². The zero-order chi connectivity index (χ0) is 12.6. The number of nitrogens with two attached hydrogens (primary N) is 1. The summed E-state index contributed by atoms with van der Waals surface area (Å²) in [6.45, 7) is 0. The van der Waals surface area contributed by atoms with E-state index in [0.29, 0.717) is 0 Å². The molecule has 0 aliphatic carbocycles. The molecule has 0 saturated heterocycles. The molecule has 0 heterocycles. The van der Waals surface area contributed by atoms with E-state index in [2.05, 4.69) is 5.73 Å². The van der Waals surface area contributed by atoms with E-state index < -0.39 is 47.1 Å². The van der Waals surface area contributed by atoms with Gasteiger partial charge in [0.15, 0.2) is 23.3 Å². The molecular formula is C8H4F7N. The Morgan fingerprint density at radius 1 is 0.688 bits per heavy atom. The minimum Gasteiger partial charge on any atom is -0.319 e. The molecule has 1 aromatic carbocycles. The third-order valence-electron chi connectivity index (χ3n) is 1.85. The molecule has 0 saturated carbocycles. The summed E-state index contributed by atoms with van der Waals surface area (Å²) in [5, 5.41) is 0. The largest absolute Gasteiger partial charge is 0.319 e. The lowest BCUT2D eigenvalue weighted by molar-refractivity contribution is 0.112.